The summed E-state index contributed by atoms with van der Waals surface area (Å²) in [7, 11) is 0. The Morgan fingerprint density at radius 1 is 1.05 bits per heavy atom. The standard InChI is InChI=1S/C15H9N3O2S/c1-2-7-13-12(6-1)17-15(21-13)20-11-5-3-4-10(8-11)14-18-16-9-19-14/h1-9H. The van der Waals surface area contributed by atoms with Gasteiger partial charge in [-0.25, -0.2) is 4.98 Å². The fourth-order valence-electron chi connectivity index (χ4n) is 1.99. The molecular weight excluding hydrogens is 286 g/mol. The minimum atomic E-state index is 0.463. The first kappa shape index (κ1) is 12.0. The Morgan fingerprint density at radius 3 is 2.86 bits per heavy atom. The Balaban J connectivity index is 1.66. The van der Waals surface area contributed by atoms with E-state index in [0.717, 1.165) is 15.8 Å². The third kappa shape index (κ3) is 2.36. The largest absolute Gasteiger partial charge is 0.431 e. The zero-order chi connectivity index (χ0) is 14.1. The molecule has 0 amide bonds. The van der Waals surface area contributed by atoms with Crippen molar-refractivity contribution in [3.63, 3.8) is 0 Å². The summed E-state index contributed by atoms with van der Waals surface area (Å²) in [6.07, 6.45) is 1.30. The van der Waals surface area contributed by atoms with Gasteiger partial charge in [0.25, 0.3) is 5.19 Å². The minimum absolute atomic E-state index is 0.463. The molecule has 0 radical (unpaired) electrons. The highest BCUT2D eigenvalue weighted by molar-refractivity contribution is 7.20. The third-order valence-electron chi connectivity index (χ3n) is 2.92. The molecule has 2 aromatic carbocycles. The van der Waals surface area contributed by atoms with Crippen LogP contribution in [0.1, 0.15) is 0 Å². The lowest BCUT2D eigenvalue weighted by Gasteiger charge is -2.02. The van der Waals surface area contributed by atoms with Crippen LogP contribution in [0.25, 0.3) is 21.7 Å². The number of nitrogens with zero attached hydrogens (tertiary/aromatic N) is 3. The molecule has 0 spiro atoms. The van der Waals surface area contributed by atoms with Gasteiger partial charge < -0.3 is 9.15 Å². The highest BCUT2D eigenvalue weighted by atomic mass is 32.1. The third-order valence-corrected chi connectivity index (χ3v) is 3.83. The molecule has 4 aromatic rings. The van der Waals surface area contributed by atoms with Crippen LogP contribution in [-0.2, 0) is 0 Å². The van der Waals surface area contributed by atoms with E-state index in [2.05, 4.69) is 15.2 Å². The summed E-state index contributed by atoms with van der Waals surface area (Å²) < 4.78 is 12.1. The Bertz CT molecular complexity index is 854. The second-order valence-corrected chi connectivity index (χ2v) is 5.31. The zero-order valence-corrected chi connectivity index (χ0v) is 11.6. The lowest BCUT2D eigenvalue weighted by atomic mass is 10.2. The minimum Gasteiger partial charge on any atom is -0.431 e. The molecule has 0 aliphatic heterocycles. The van der Waals surface area contributed by atoms with Gasteiger partial charge in [-0.2, -0.15) is 0 Å². The molecule has 102 valence electrons. The van der Waals surface area contributed by atoms with Gasteiger partial charge in [-0.1, -0.05) is 29.5 Å². The van der Waals surface area contributed by atoms with E-state index in [1.807, 2.05) is 48.5 Å². The van der Waals surface area contributed by atoms with Gasteiger partial charge >= 0.3 is 0 Å². The van der Waals surface area contributed by atoms with Crippen molar-refractivity contribution in [2.24, 2.45) is 0 Å². The number of benzene rings is 2. The van der Waals surface area contributed by atoms with E-state index in [4.69, 9.17) is 9.15 Å². The summed E-state index contributed by atoms with van der Waals surface area (Å²) in [5.74, 6) is 1.15. The average molecular weight is 295 g/mol. The monoisotopic (exact) mass is 295 g/mol. The maximum Gasteiger partial charge on any atom is 0.279 e. The molecule has 0 saturated carbocycles. The molecule has 0 fully saturated rings. The fourth-order valence-corrected chi connectivity index (χ4v) is 2.82. The highest BCUT2D eigenvalue weighted by Crippen LogP contribution is 2.32. The van der Waals surface area contributed by atoms with Crippen molar-refractivity contribution in [2.45, 2.75) is 0 Å². The topological polar surface area (TPSA) is 61.0 Å². The van der Waals surface area contributed by atoms with Crippen molar-refractivity contribution in [1.82, 2.24) is 15.2 Å². The van der Waals surface area contributed by atoms with Crippen LogP contribution in [0.3, 0.4) is 0 Å². The van der Waals surface area contributed by atoms with Crippen LogP contribution in [0.4, 0.5) is 0 Å². The van der Waals surface area contributed by atoms with E-state index in [-0.39, 0.29) is 0 Å². The van der Waals surface area contributed by atoms with Gasteiger partial charge in [0.15, 0.2) is 0 Å². The SMILES string of the molecule is c1cc(Oc2nc3ccccc3s2)cc(-c2nnco2)c1. The summed E-state index contributed by atoms with van der Waals surface area (Å²) in [4.78, 5) is 4.45. The number of thiazole rings is 1. The summed E-state index contributed by atoms with van der Waals surface area (Å²) >= 11 is 1.51. The van der Waals surface area contributed by atoms with Crippen LogP contribution in [0.15, 0.2) is 59.3 Å². The van der Waals surface area contributed by atoms with Gasteiger partial charge in [0.2, 0.25) is 12.3 Å². The first-order chi connectivity index (χ1) is 10.4. The van der Waals surface area contributed by atoms with Crippen LogP contribution in [0.2, 0.25) is 0 Å². The van der Waals surface area contributed by atoms with Crippen molar-refractivity contribution in [3.8, 4) is 22.4 Å². The Labute approximate surface area is 123 Å². The van der Waals surface area contributed by atoms with Gasteiger partial charge in [-0.15, -0.1) is 10.2 Å². The van der Waals surface area contributed by atoms with Gasteiger partial charge in [-0.05, 0) is 30.3 Å². The predicted octanol–water partition coefficient (Wildman–Crippen LogP) is 4.14. The van der Waals surface area contributed by atoms with E-state index in [1.54, 1.807) is 0 Å². The quantitative estimate of drug-likeness (QED) is 0.568. The van der Waals surface area contributed by atoms with Crippen molar-refractivity contribution >= 4 is 21.6 Å². The smallest absolute Gasteiger partial charge is 0.279 e. The van der Waals surface area contributed by atoms with Crippen molar-refractivity contribution in [3.05, 3.63) is 54.9 Å². The summed E-state index contributed by atoms with van der Waals surface area (Å²) in [6, 6.07) is 15.4. The maximum absolute atomic E-state index is 5.82. The highest BCUT2D eigenvalue weighted by Gasteiger charge is 2.08. The molecule has 0 N–H and O–H groups in total. The van der Waals surface area contributed by atoms with Crippen LogP contribution >= 0.6 is 11.3 Å². The molecular formula is C15H9N3O2S. The van der Waals surface area contributed by atoms with E-state index in [1.165, 1.54) is 17.7 Å². The molecule has 6 heteroatoms. The van der Waals surface area contributed by atoms with Gasteiger partial charge in [0, 0.05) is 5.56 Å². The van der Waals surface area contributed by atoms with Gasteiger partial charge in [0.05, 0.1) is 10.2 Å². The Hall–Kier alpha value is -2.73. The number of fused-ring (bicyclic) bond motifs is 1. The van der Waals surface area contributed by atoms with E-state index >= 15 is 0 Å². The zero-order valence-electron chi connectivity index (χ0n) is 10.8. The average Bonchev–Trinajstić information content (AvgIpc) is 3.16. The Morgan fingerprint density at radius 2 is 2.00 bits per heavy atom. The number of aromatic nitrogens is 3. The van der Waals surface area contributed by atoms with Crippen LogP contribution in [0.5, 0.6) is 10.9 Å². The van der Waals surface area contributed by atoms with Gasteiger partial charge in [0.1, 0.15) is 5.75 Å². The van der Waals surface area contributed by atoms with E-state index < -0.39 is 0 Å². The molecule has 0 saturated heterocycles. The number of rotatable bonds is 3. The normalized spacial score (nSPS) is 10.9. The molecule has 5 nitrogen and oxygen atoms in total. The lowest BCUT2D eigenvalue weighted by molar-refractivity contribution is 0.480. The molecule has 0 unspecified atom stereocenters. The first-order valence-electron chi connectivity index (χ1n) is 6.28. The molecule has 0 aliphatic rings. The molecule has 2 heterocycles. The van der Waals surface area contributed by atoms with Crippen molar-refractivity contribution in [2.75, 3.05) is 0 Å². The molecule has 0 bridgehead atoms. The summed E-state index contributed by atoms with van der Waals surface area (Å²) in [6.45, 7) is 0. The van der Waals surface area contributed by atoms with Crippen molar-refractivity contribution in [1.29, 1.82) is 0 Å². The maximum atomic E-state index is 5.82. The van der Waals surface area contributed by atoms with E-state index in [0.29, 0.717) is 16.8 Å². The molecule has 2 aromatic heterocycles. The molecule has 0 atom stereocenters. The summed E-state index contributed by atoms with van der Waals surface area (Å²) in [5.41, 5.74) is 1.75. The van der Waals surface area contributed by atoms with Crippen LogP contribution in [0, 0.1) is 0 Å². The molecule has 21 heavy (non-hydrogen) atoms. The van der Waals surface area contributed by atoms with E-state index in [9.17, 15) is 0 Å². The number of ether oxygens (including phenoxy) is 1. The van der Waals surface area contributed by atoms with Crippen molar-refractivity contribution < 1.29 is 9.15 Å². The Kier molecular flexibility index (Phi) is 2.86. The second kappa shape index (κ2) is 4.99. The van der Waals surface area contributed by atoms with Crippen LogP contribution < -0.4 is 4.74 Å². The lowest BCUT2D eigenvalue weighted by Crippen LogP contribution is -1.84. The first-order valence-corrected chi connectivity index (χ1v) is 7.10. The number of hydrogen-bond acceptors (Lipinski definition) is 6. The number of hydrogen-bond donors (Lipinski definition) is 0. The number of para-hydroxylation sites is 1. The second-order valence-electron chi connectivity index (χ2n) is 4.32. The fraction of sp³-hybridized carbons (Fsp3) is 0. The summed E-state index contributed by atoms with van der Waals surface area (Å²) in [5, 5.41) is 8.17. The molecule has 0 aliphatic carbocycles. The molecule has 4 rings (SSSR count). The van der Waals surface area contributed by atoms with Gasteiger partial charge in [-0.3, -0.25) is 0 Å². The van der Waals surface area contributed by atoms with Crippen LogP contribution in [-0.4, -0.2) is 15.2 Å². The predicted molar refractivity (Wildman–Crippen MR) is 79.4 cm³/mol.